The van der Waals surface area contributed by atoms with E-state index in [9.17, 15) is 14.4 Å². The third-order valence-electron chi connectivity index (χ3n) is 6.00. The molecule has 1 aliphatic heterocycles. The maximum Gasteiger partial charge on any atom is 0.293 e. The Morgan fingerprint density at radius 1 is 0.944 bits per heavy atom. The van der Waals surface area contributed by atoms with Crippen molar-refractivity contribution in [2.45, 2.75) is 13.5 Å². The molecule has 0 aliphatic carbocycles. The molecule has 180 valence electrons. The Morgan fingerprint density at radius 2 is 1.67 bits per heavy atom. The number of Topliss-reactive ketones (excluding diaryl/α,β-unsaturated/α-hetero) is 1. The van der Waals surface area contributed by atoms with E-state index in [4.69, 9.17) is 4.74 Å². The summed E-state index contributed by atoms with van der Waals surface area (Å²) in [4.78, 5) is 39.6. The van der Waals surface area contributed by atoms with E-state index < -0.39 is 11.1 Å². The van der Waals surface area contributed by atoms with Gasteiger partial charge in [0.2, 0.25) is 0 Å². The first-order valence-corrected chi connectivity index (χ1v) is 12.4. The van der Waals surface area contributed by atoms with Crippen LogP contribution in [0.1, 0.15) is 21.5 Å². The summed E-state index contributed by atoms with van der Waals surface area (Å²) in [6.07, 6.45) is 3.70. The number of para-hydroxylation sites is 2. The number of hydrogen-bond donors (Lipinski definition) is 0. The Balaban J connectivity index is 1.34. The number of amides is 2. The van der Waals surface area contributed by atoms with Gasteiger partial charge in [0.15, 0.2) is 5.78 Å². The Kier molecular flexibility index (Phi) is 6.73. The quantitative estimate of drug-likeness (QED) is 0.223. The smallest absolute Gasteiger partial charge is 0.293 e. The monoisotopic (exact) mass is 496 g/mol. The van der Waals surface area contributed by atoms with Crippen LogP contribution in [0.4, 0.5) is 4.79 Å². The number of ether oxygens (including phenoxy) is 1. The largest absolute Gasteiger partial charge is 0.492 e. The number of aryl methyl sites for hydroxylation is 1. The van der Waals surface area contributed by atoms with Gasteiger partial charge in [-0.1, -0.05) is 66.2 Å². The summed E-state index contributed by atoms with van der Waals surface area (Å²) >= 11 is 0.862. The normalized spacial score (nSPS) is 14.7. The summed E-state index contributed by atoms with van der Waals surface area (Å²) in [7, 11) is 0. The van der Waals surface area contributed by atoms with E-state index in [0.717, 1.165) is 44.4 Å². The molecule has 0 atom stereocenters. The minimum atomic E-state index is -0.449. The highest BCUT2D eigenvalue weighted by Gasteiger charge is 2.36. The fourth-order valence-corrected chi connectivity index (χ4v) is 4.93. The van der Waals surface area contributed by atoms with Gasteiger partial charge in [-0.15, -0.1) is 0 Å². The number of aromatic nitrogens is 1. The van der Waals surface area contributed by atoms with Crippen LogP contribution in [0, 0.1) is 6.92 Å². The summed E-state index contributed by atoms with van der Waals surface area (Å²) in [5.74, 6) is 0.0892. The van der Waals surface area contributed by atoms with Crippen molar-refractivity contribution in [3.8, 4) is 5.75 Å². The maximum atomic E-state index is 13.0. The predicted octanol–water partition coefficient (Wildman–Crippen LogP) is 5.95. The first-order valence-electron chi connectivity index (χ1n) is 11.6. The minimum absolute atomic E-state index is 0.270. The molecule has 2 amide bonds. The van der Waals surface area contributed by atoms with Crippen molar-refractivity contribution in [2.24, 2.45) is 0 Å². The van der Waals surface area contributed by atoms with E-state index in [1.165, 1.54) is 0 Å². The van der Waals surface area contributed by atoms with Gasteiger partial charge in [0.25, 0.3) is 11.1 Å². The lowest BCUT2D eigenvalue weighted by molar-refractivity contribution is -0.122. The molecule has 0 N–H and O–H groups in total. The lowest BCUT2D eigenvalue weighted by Gasteiger charge is -2.11. The third kappa shape index (κ3) is 4.97. The summed E-state index contributed by atoms with van der Waals surface area (Å²) in [6, 6.07) is 24.6. The molecule has 5 rings (SSSR count). The summed E-state index contributed by atoms with van der Waals surface area (Å²) in [6.45, 7) is 2.77. The van der Waals surface area contributed by atoms with E-state index in [0.29, 0.717) is 23.6 Å². The Morgan fingerprint density at radius 3 is 2.44 bits per heavy atom. The standard InChI is InChI=1S/C29H24N2O4S/c1-20-11-13-21(14-12-20)26(32)19-31-28(33)27(36-29(31)34)17-22-18-30(25-10-6-5-9-24(22)25)15-16-35-23-7-3-2-4-8-23/h2-14,17-18H,15-16,19H2,1H3/b27-17-. The number of nitrogens with zero attached hydrogens (tertiary/aromatic N) is 2. The summed E-state index contributed by atoms with van der Waals surface area (Å²) < 4.78 is 7.93. The van der Waals surface area contributed by atoms with Crippen molar-refractivity contribution in [1.29, 1.82) is 0 Å². The number of carbonyl (C=O) groups is 3. The van der Waals surface area contributed by atoms with Crippen molar-refractivity contribution < 1.29 is 19.1 Å². The Labute approximate surface area is 213 Å². The van der Waals surface area contributed by atoms with Gasteiger partial charge in [0.05, 0.1) is 18.0 Å². The molecule has 3 aromatic carbocycles. The first kappa shape index (κ1) is 23.6. The average molecular weight is 497 g/mol. The molecule has 36 heavy (non-hydrogen) atoms. The van der Waals surface area contributed by atoms with Gasteiger partial charge in [-0.2, -0.15) is 0 Å². The highest BCUT2D eigenvalue weighted by molar-refractivity contribution is 8.18. The highest BCUT2D eigenvalue weighted by atomic mass is 32.2. The van der Waals surface area contributed by atoms with Gasteiger partial charge in [-0.25, -0.2) is 0 Å². The van der Waals surface area contributed by atoms with E-state index >= 15 is 0 Å². The van der Waals surface area contributed by atoms with Crippen LogP contribution >= 0.6 is 11.8 Å². The van der Waals surface area contributed by atoms with Crippen molar-refractivity contribution >= 4 is 45.7 Å². The van der Waals surface area contributed by atoms with Crippen LogP contribution in [-0.2, 0) is 11.3 Å². The molecule has 1 aromatic heterocycles. The highest BCUT2D eigenvalue weighted by Crippen LogP contribution is 2.34. The molecule has 6 nitrogen and oxygen atoms in total. The van der Waals surface area contributed by atoms with Crippen LogP contribution in [0.2, 0.25) is 0 Å². The molecule has 4 aromatic rings. The zero-order chi connectivity index (χ0) is 25.1. The SMILES string of the molecule is Cc1ccc(C(=O)CN2C(=O)S/C(=C\c3cn(CCOc4ccccc4)c4ccccc34)C2=O)cc1. The van der Waals surface area contributed by atoms with Gasteiger partial charge in [0.1, 0.15) is 12.4 Å². The van der Waals surface area contributed by atoms with Crippen molar-refractivity contribution in [1.82, 2.24) is 9.47 Å². The molecule has 1 saturated heterocycles. The fraction of sp³-hybridized carbons (Fsp3) is 0.138. The van der Waals surface area contributed by atoms with E-state index in [1.807, 2.05) is 79.9 Å². The van der Waals surface area contributed by atoms with Crippen molar-refractivity contribution in [3.05, 3.63) is 107 Å². The van der Waals surface area contributed by atoms with Crippen molar-refractivity contribution in [2.75, 3.05) is 13.2 Å². The van der Waals surface area contributed by atoms with Gasteiger partial charge in [-0.05, 0) is 43.0 Å². The van der Waals surface area contributed by atoms with E-state index in [-0.39, 0.29) is 12.3 Å². The zero-order valence-corrected chi connectivity index (χ0v) is 20.5. The van der Waals surface area contributed by atoms with Gasteiger partial charge in [-0.3, -0.25) is 19.3 Å². The number of benzene rings is 3. The summed E-state index contributed by atoms with van der Waals surface area (Å²) in [5.41, 5.74) is 3.35. The molecule has 1 fully saturated rings. The van der Waals surface area contributed by atoms with E-state index in [1.54, 1.807) is 18.2 Å². The van der Waals surface area contributed by atoms with Gasteiger partial charge < -0.3 is 9.30 Å². The first-order chi connectivity index (χ1) is 17.5. The number of hydrogen-bond acceptors (Lipinski definition) is 5. The molecule has 0 saturated carbocycles. The molecular weight excluding hydrogens is 472 g/mol. The lowest BCUT2D eigenvalue weighted by atomic mass is 10.1. The third-order valence-corrected chi connectivity index (χ3v) is 6.91. The lowest BCUT2D eigenvalue weighted by Crippen LogP contribution is -2.33. The second-order valence-electron chi connectivity index (χ2n) is 8.51. The summed E-state index contributed by atoms with van der Waals surface area (Å²) in [5, 5.41) is 0.534. The topological polar surface area (TPSA) is 68.6 Å². The average Bonchev–Trinajstić information content (AvgIpc) is 3.37. The predicted molar refractivity (Wildman–Crippen MR) is 142 cm³/mol. The Hall–Kier alpha value is -4.10. The number of carbonyl (C=O) groups excluding carboxylic acids is 3. The molecule has 0 radical (unpaired) electrons. The number of thioether (sulfide) groups is 1. The van der Waals surface area contributed by atoms with Crippen LogP contribution in [0.5, 0.6) is 5.75 Å². The van der Waals surface area contributed by atoms with Gasteiger partial charge in [0, 0.05) is 28.2 Å². The van der Waals surface area contributed by atoms with Crippen LogP contribution in [0.15, 0.2) is 90.0 Å². The molecule has 7 heteroatoms. The second-order valence-corrected chi connectivity index (χ2v) is 9.51. The number of rotatable bonds is 8. The van der Waals surface area contributed by atoms with Gasteiger partial charge >= 0.3 is 0 Å². The molecule has 0 bridgehead atoms. The zero-order valence-electron chi connectivity index (χ0n) is 19.7. The molecule has 2 heterocycles. The van der Waals surface area contributed by atoms with Crippen LogP contribution in [0.3, 0.4) is 0 Å². The number of fused-ring (bicyclic) bond motifs is 1. The second kappa shape index (κ2) is 10.3. The number of imide groups is 1. The van der Waals surface area contributed by atoms with Crippen LogP contribution in [-0.4, -0.2) is 39.5 Å². The Bertz CT molecular complexity index is 1470. The van der Waals surface area contributed by atoms with Crippen LogP contribution in [0.25, 0.3) is 17.0 Å². The van der Waals surface area contributed by atoms with Crippen LogP contribution < -0.4 is 4.74 Å². The maximum absolute atomic E-state index is 13.0. The molecular formula is C29H24N2O4S. The molecule has 1 aliphatic rings. The van der Waals surface area contributed by atoms with E-state index in [2.05, 4.69) is 4.57 Å². The molecule has 0 spiro atoms. The fourth-order valence-electron chi connectivity index (χ4n) is 4.11. The number of ketones is 1. The molecule has 0 unspecified atom stereocenters. The van der Waals surface area contributed by atoms with Crippen molar-refractivity contribution in [3.63, 3.8) is 0 Å². The minimum Gasteiger partial charge on any atom is -0.492 e.